The highest BCUT2D eigenvalue weighted by Crippen LogP contribution is 2.25. The molecule has 9 heteroatoms. The second-order valence-electron chi connectivity index (χ2n) is 6.73. The van der Waals surface area contributed by atoms with Crippen LogP contribution in [-0.4, -0.2) is 54.0 Å². The van der Waals surface area contributed by atoms with E-state index in [4.69, 9.17) is 4.42 Å². The minimum absolute atomic E-state index is 0.0658. The van der Waals surface area contributed by atoms with Crippen molar-refractivity contribution in [3.8, 4) is 0 Å². The fourth-order valence-electron chi connectivity index (χ4n) is 3.16. The van der Waals surface area contributed by atoms with Crippen LogP contribution in [0.25, 0.3) is 0 Å². The number of nitrogens with one attached hydrogen (secondary N) is 1. The monoisotopic (exact) mass is 398 g/mol. The van der Waals surface area contributed by atoms with E-state index < -0.39 is 10.0 Å². The quantitative estimate of drug-likeness (QED) is 0.770. The van der Waals surface area contributed by atoms with E-state index in [-0.39, 0.29) is 23.5 Å². The Morgan fingerprint density at radius 1 is 1.35 bits per heavy atom. The highest BCUT2D eigenvalue weighted by atomic mass is 32.2. The van der Waals surface area contributed by atoms with Gasteiger partial charge in [-0.2, -0.15) is 11.8 Å². The van der Waals surface area contributed by atoms with Crippen molar-refractivity contribution in [1.29, 1.82) is 0 Å². The zero-order valence-corrected chi connectivity index (χ0v) is 17.0. The van der Waals surface area contributed by atoms with E-state index in [1.165, 1.54) is 0 Å². The van der Waals surface area contributed by atoms with Gasteiger partial charge in [-0.1, -0.05) is 13.8 Å². The maximum atomic E-state index is 12.7. The van der Waals surface area contributed by atoms with Crippen LogP contribution in [0.5, 0.6) is 0 Å². The predicted molar refractivity (Wildman–Crippen MR) is 103 cm³/mol. The summed E-state index contributed by atoms with van der Waals surface area (Å²) in [6, 6.07) is 3.62. The molecule has 0 aromatic carbocycles. The molecule has 26 heavy (non-hydrogen) atoms. The molecule has 0 unspecified atom stereocenters. The molecular formula is C17H26N4O3S2. The van der Waals surface area contributed by atoms with Crippen LogP contribution in [0.4, 0.5) is 0 Å². The Hall–Kier alpha value is -1.29. The van der Waals surface area contributed by atoms with Crippen LogP contribution in [-0.2, 0) is 17.1 Å². The number of imidazole rings is 1. The van der Waals surface area contributed by atoms with Gasteiger partial charge in [-0.25, -0.2) is 18.1 Å². The molecule has 1 saturated heterocycles. The van der Waals surface area contributed by atoms with Crippen LogP contribution < -0.4 is 4.72 Å². The number of furan rings is 1. The summed E-state index contributed by atoms with van der Waals surface area (Å²) in [5.41, 5.74) is 0. The minimum atomic E-state index is -3.68. The molecule has 7 nitrogen and oxygen atoms in total. The van der Waals surface area contributed by atoms with E-state index >= 15 is 0 Å². The van der Waals surface area contributed by atoms with Gasteiger partial charge in [0.2, 0.25) is 0 Å². The van der Waals surface area contributed by atoms with Crippen molar-refractivity contribution in [3.63, 3.8) is 0 Å². The largest absolute Gasteiger partial charge is 0.468 e. The zero-order valence-electron chi connectivity index (χ0n) is 15.4. The molecule has 0 radical (unpaired) electrons. The first-order valence-electron chi connectivity index (χ1n) is 8.76. The van der Waals surface area contributed by atoms with Crippen LogP contribution in [0, 0.1) is 0 Å². The Balaban J connectivity index is 1.76. The lowest BCUT2D eigenvalue weighted by molar-refractivity contribution is 0.193. The summed E-state index contributed by atoms with van der Waals surface area (Å²) < 4.78 is 35.5. The molecule has 0 bridgehead atoms. The number of nitrogens with zero attached hydrogens (tertiary/aromatic N) is 3. The van der Waals surface area contributed by atoms with Gasteiger partial charge in [-0.15, -0.1) is 0 Å². The lowest BCUT2D eigenvalue weighted by Gasteiger charge is -2.33. The number of aromatic nitrogens is 2. The van der Waals surface area contributed by atoms with E-state index in [1.807, 2.05) is 44.8 Å². The maximum Gasteiger partial charge on any atom is 0.259 e. The normalized spacial score (nSPS) is 17.7. The fraction of sp³-hybridized carbons (Fsp3) is 0.588. The van der Waals surface area contributed by atoms with Crippen molar-refractivity contribution < 1.29 is 12.8 Å². The van der Waals surface area contributed by atoms with Gasteiger partial charge < -0.3 is 8.98 Å². The first-order chi connectivity index (χ1) is 12.4. The van der Waals surface area contributed by atoms with Crippen LogP contribution in [0.15, 0.2) is 34.0 Å². The van der Waals surface area contributed by atoms with Crippen molar-refractivity contribution in [3.05, 3.63) is 36.2 Å². The highest BCUT2D eigenvalue weighted by molar-refractivity contribution is 7.99. The average Bonchev–Trinajstić information content (AvgIpc) is 3.26. The third-order valence-electron chi connectivity index (χ3n) is 4.51. The molecule has 1 atom stereocenters. The smallest absolute Gasteiger partial charge is 0.259 e. The number of aryl methyl sites for hydroxylation is 1. The second-order valence-corrected chi connectivity index (χ2v) is 9.67. The van der Waals surface area contributed by atoms with E-state index in [1.54, 1.807) is 17.0 Å². The second kappa shape index (κ2) is 8.16. The first kappa shape index (κ1) is 19.5. The molecule has 1 N–H and O–H groups in total. The molecule has 1 aliphatic rings. The molecule has 0 amide bonds. The minimum Gasteiger partial charge on any atom is -0.468 e. The Morgan fingerprint density at radius 3 is 2.65 bits per heavy atom. The lowest BCUT2D eigenvalue weighted by Crippen LogP contribution is -2.42. The maximum absolute atomic E-state index is 12.7. The summed E-state index contributed by atoms with van der Waals surface area (Å²) in [6.07, 6.45) is 3.19. The number of thioether (sulfide) groups is 1. The summed E-state index contributed by atoms with van der Waals surface area (Å²) in [5, 5.41) is 0.0658. The molecule has 3 heterocycles. The lowest BCUT2D eigenvalue weighted by atomic mass is 10.2. The SMILES string of the molecule is CC(C)c1nc(S(=O)(=O)NC[C@@H](c2ccco2)N2CCSCC2)cn1C. The van der Waals surface area contributed by atoms with Gasteiger partial charge in [-0.05, 0) is 12.1 Å². The van der Waals surface area contributed by atoms with Crippen LogP contribution in [0.1, 0.15) is 37.4 Å². The predicted octanol–water partition coefficient (Wildman–Crippen LogP) is 2.20. The molecular weight excluding hydrogens is 372 g/mol. The number of rotatable bonds is 7. The number of hydrogen-bond acceptors (Lipinski definition) is 6. The van der Waals surface area contributed by atoms with E-state index in [0.29, 0.717) is 0 Å². The Bertz CT molecular complexity index is 809. The number of sulfonamides is 1. The Labute approximate surface area is 159 Å². The third kappa shape index (κ3) is 4.33. The van der Waals surface area contributed by atoms with Gasteiger partial charge in [-0.3, -0.25) is 4.90 Å². The third-order valence-corrected chi connectivity index (χ3v) is 6.74. The van der Waals surface area contributed by atoms with Crippen molar-refractivity contribution in [2.24, 2.45) is 7.05 Å². The van der Waals surface area contributed by atoms with Gasteiger partial charge in [0.1, 0.15) is 11.6 Å². The topological polar surface area (TPSA) is 80.4 Å². The van der Waals surface area contributed by atoms with Crippen molar-refractivity contribution in [2.45, 2.75) is 30.8 Å². The summed E-state index contributed by atoms with van der Waals surface area (Å²) in [6.45, 7) is 6.08. The standard InChI is InChI=1S/C17H26N4O3S2/c1-13(2)17-19-16(12-20(17)3)26(22,23)18-11-14(15-5-4-8-24-15)21-6-9-25-10-7-21/h4-5,8,12-14,18H,6-7,9-11H2,1-3H3/t14-/m0/s1. The molecule has 0 spiro atoms. The van der Waals surface area contributed by atoms with E-state index in [2.05, 4.69) is 14.6 Å². The van der Waals surface area contributed by atoms with Crippen LogP contribution in [0.3, 0.4) is 0 Å². The van der Waals surface area contributed by atoms with Gasteiger partial charge >= 0.3 is 0 Å². The van der Waals surface area contributed by atoms with Crippen LogP contribution >= 0.6 is 11.8 Å². The molecule has 144 valence electrons. The summed E-state index contributed by atoms with van der Waals surface area (Å²) in [4.78, 5) is 6.58. The van der Waals surface area contributed by atoms with E-state index in [0.717, 1.165) is 36.2 Å². The van der Waals surface area contributed by atoms with Gasteiger partial charge in [0.25, 0.3) is 10.0 Å². The van der Waals surface area contributed by atoms with Crippen molar-refractivity contribution in [1.82, 2.24) is 19.2 Å². The van der Waals surface area contributed by atoms with Crippen molar-refractivity contribution >= 4 is 21.8 Å². The fourth-order valence-corrected chi connectivity index (χ4v) is 5.13. The summed E-state index contributed by atoms with van der Waals surface area (Å²) in [5.74, 6) is 3.78. The molecule has 1 aliphatic heterocycles. The Morgan fingerprint density at radius 2 is 2.08 bits per heavy atom. The molecule has 1 fully saturated rings. The first-order valence-corrected chi connectivity index (χ1v) is 11.4. The van der Waals surface area contributed by atoms with Crippen molar-refractivity contribution in [2.75, 3.05) is 31.1 Å². The van der Waals surface area contributed by atoms with E-state index in [9.17, 15) is 8.42 Å². The summed E-state index contributed by atoms with van der Waals surface area (Å²) >= 11 is 1.92. The van der Waals surface area contributed by atoms with Crippen LogP contribution in [0.2, 0.25) is 0 Å². The molecule has 0 aliphatic carbocycles. The molecule has 2 aromatic heterocycles. The van der Waals surface area contributed by atoms with Gasteiger partial charge in [0, 0.05) is 50.3 Å². The number of hydrogen-bond donors (Lipinski definition) is 1. The summed E-state index contributed by atoms with van der Waals surface area (Å²) in [7, 11) is -1.86. The Kier molecular flexibility index (Phi) is 6.11. The zero-order chi connectivity index (χ0) is 18.7. The highest BCUT2D eigenvalue weighted by Gasteiger charge is 2.28. The molecule has 3 rings (SSSR count). The van der Waals surface area contributed by atoms with Gasteiger partial charge in [0.15, 0.2) is 5.03 Å². The molecule has 2 aromatic rings. The molecule has 0 saturated carbocycles. The van der Waals surface area contributed by atoms with Gasteiger partial charge in [0.05, 0.1) is 12.3 Å². The average molecular weight is 399 g/mol.